The van der Waals surface area contributed by atoms with Gasteiger partial charge in [0.2, 0.25) is 0 Å². The van der Waals surface area contributed by atoms with Gasteiger partial charge in [0.25, 0.3) is 0 Å². The number of hydrogen-bond donors (Lipinski definition) is 1. The van der Waals surface area contributed by atoms with Gasteiger partial charge in [-0.1, -0.05) is 6.07 Å². The monoisotopic (exact) mass is 243 g/mol. The van der Waals surface area contributed by atoms with Crippen LogP contribution in [0.1, 0.15) is 10.4 Å². The maximum Gasteiger partial charge on any atom is 0.101 e. The maximum absolute atomic E-state index is 9.09. The molecule has 0 aliphatic carbocycles. The van der Waals surface area contributed by atoms with Crippen molar-refractivity contribution in [3.8, 4) is 6.07 Å². The van der Waals surface area contributed by atoms with Gasteiger partial charge in [0.15, 0.2) is 0 Å². The van der Waals surface area contributed by atoms with Gasteiger partial charge < -0.3 is 10.6 Å². The van der Waals surface area contributed by atoms with Crippen LogP contribution in [0.2, 0.25) is 0 Å². The molecule has 0 spiro atoms. The normalized spacial score (nSPS) is 9.88. The molecule has 3 nitrogen and oxygen atoms in total. The third kappa shape index (κ3) is 2.58. The standard InChI is InChI=1S/C13H13N3S/c1-16(9-12-3-2-6-17-12)13-5-4-11(15)7-10(13)8-14/h2-7H,9,15H2,1H3. The van der Waals surface area contributed by atoms with Crippen LogP contribution in [0, 0.1) is 11.3 Å². The van der Waals surface area contributed by atoms with Crippen LogP contribution >= 0.6 is 11.3 Å². The van der Waals surface area contributed by atoms with Crippen LogP contribution in [0.25, 0.3) is 0 Å². The molecule has 0 aliphatic rings. The summed E-state index contributed by atoms with van der Waals surface area (Å²) < 4.78 is 0. The van der Waals surface area contributed by atoms with E-state index in [4.69, 9.17) is 11.0 Å². The summed E-state index contributed by atoms with van der Waals surface area (Å²) in [6, 6.07) is 11.7. The first-order valence-electron chi connectivity index (χ1n) is 5.24. The third-order valence-electron chi connectivity index (χ3n) is 2.53. The lowest BCUT2D eigenvalue weighted by molar-refractivity contribution is 0.938. The number of nitrogen functional groups attached to an aromatic ring is 1. The summed E-state index contributed by atoms with van der Waals surface area (Å²) in [5, 5.41) is 11.1. The summed E-state index contributed by atoms with van der Waals surface area (Å²) in [4.78, 5) is 3.33. The fourth-order valence-electron chi connectivity index (χ4n) is 1.70. The minimum Gasteiger partial charge on any atom is -0.399 e. The van der Waals surface area contributed by atoms with Gasteiger partial charge >= 0.3 is 0 Å². The smallest absolute Gasteiger partial charge is 0.101 e. The molecule has 2 N–H and O–H groups in total. The Morgan fingerprint density at radius 3 is 2.88 bits per heavy atom. The average Bonchev–Trinajstić information content (AvgIpc) is 2.81. The SMILES string of the molecule is CN(Cc1cccs1)c1ccc(N)cc1C#N. The van der Waals surface area contributed by atoms with Crippen LogP contribution in [-0.4, -0.2) is 7.05 Å². The van der Waals surface area contributed by atoms with E-state index >= 15 is 0 Å². The molecule has 0 unspecified atom stereocenters. The third-order valence-corrected chi connectivity index (χ3v) is 3.39. The first-order chi connectivity index (χ1) is 8.20. The zero-order valence-electron chi connectivity index (χ0n) is 9.55. The summed E-state index contributed by atoms with van der Waals surface area (Å²) in [5.41, 5.74) is 7.82. The van der Waals surface area contributed by atoms with Gasteiger partial charge in [-0.05, 0) is 29.6 Å². The van der Waals surface area contributed by atoms with Crippen molar-refractivity contribution >= 4 is 22.7 Å². The maximum atomic E-state index is 9.09. The Hall–Kier alpha value is -1.99. The van der Waals surface area contributed by atoms with Gasteiger partial charge in [0, 0.05) is 17.6 Å². The van der Waals surface area contributed by atoms with Crippen molar-refractivity contribution in [3.63, 3.8) is 0 Å². The van der Waals surface area contributed by atoms with E-state index in [0.29, 0.717) is 11.3 Å². The van der Waals surface area contributed by atoms with Crippen molar-refractivity contribution in [3.05, 3.63) is 46.2 Å². The van der Waals surface area contributed by atoms with Crippen molar-refractivity contribution in [1.29, 1.82) is 5.26 Å². The summed E-state index contributed by atoms with van der Waals surface area (Å²) in [6.07, 6.45) is 0. The lowest BCUT2D eigenvalue weighted by atomic mass is 10.1. The lowest BCUT2D eigenvalue weighted by Crippen LogP contribution is -2.16. The highest BCUT2D eigenvalue weighted by molar-refractivity contribution is 7.09. The predicted octanol–water partition coefficient (Wildman–Crippen LogP) is 2.84. The van der Waals surface area contributed by atoms with Crippen molar-refractivity contribution in [2.75, 3.05) is 17.7 Å². The van der Waals surface area contributed by atoms with Crippen LogP contribution in [0.5, 0.6) is 0 Å². The van der Waals surface area contributed by atoms with Crippen LogP contribution < -0.4 is 10.6 Å². The van der Waals surface area contributed by atoms with E-state index in [2.05, 4.69) is 22.4 Å². The molecule has 0 bridgehead atoms. The zero-order valence-corrected chi connectivity index (χ0v) is 10.4. The Labute approximate surface area is 105 Å². The quantitative estimate of drug-likeness (QED) is 0.843. The van der Waals surface area contributed by atoms with E-state index in [1.807, 2.05) is 25.2 Å². The summed E-state index contributed by atoms with van der Waals surface area (Å²) >= 11 is 1.71. The van der Waals surface area contributed by atoms with Crippen LogP contribution in [0.15, 0.2) is 35.7 Å². The molecule has 0 saturated heterocycles. The van der Waals surface area contributed by atoms with Crippen molar-refractivity contribution in [2.45, 2.75) is 6.54 Å². The fraction of sp³-hybridized carbons (Fsp3) is 0.154. The van der Waals surface area contributed by atoms with Gasteiger partial charge in [-0.3, -0.25) is 0 Å². The van der Waals surface area contributed by atoms with Crippen LogP contribution in [-0.2, 0) is 6.54 Å². The number of nitriles is 1. The summed E-state index contributed by atoms with van der Waals surface area (Å²) in [5.74, 6) is 0. The second-order valence-corrected chi connectivity index (χ2v) is 4.86. The highest BCUT2D eigenvalue weighted by Crippen LogP contribution is 2.23. The van der Waals surface area contributed by atoms with Crippen molar-refractivity contribution < 1.29 is 0 Å². The van der Waals surface area contributed by atoms with E-state index in [1.165, 1.54) is 4.88 Å². The Bertz CT molecular complexity index is 540. The molecular weight excluding hydrogens is 230 g/mol. The van der Waals surface area contributed by atoms with Gasteiger partial charge in [-0.25, -0.2) is 0 Å². The molecule has 2 rings (SSSR count). The van der Waals surface area contributed by atoms with Crippen LogP contribution in [0.4, 0.5) is 11.4 Å². The molecule has 4 heteroatoms. The number of benzene rings is 1. The molecule has 17 heavy (non-hydrogen) atoms. The largest absolute Gasteiger partial charge is 0.399 e. The first kappa shape index (κ1) is 11.5. The summed E-state index contributed by atoms with van der Waals surface area (Å²) in [6.45, 7) is 0.802. The molecule has 0 radical (unpaired) electrons. The molecule has 1 aromatic carbocycles. The first-order valence-corrected chi connectivity index (χ1v) is 6.12. The Morgan fingerprint density at radius 1 is 1.41 bits per heavy atom. The molecule has 86 valence electrons. The van der Waals surface area contributed by atoms with E-state index < -0.39 is 0 Å². The van der Waals surface area contributed by atoms with E-state index in [-0.39, 0.29) is 0 Å². The van der Waals surface area contributed by atoms with Crippen LogP contribution in [0.3, 0.4) is 0 Å². The fourth-order valence-corrected chi connectivity index (χ4v) is 2.45. The van der Waals surface area contributed by atoms with E-state index in [9.17, 15) is 0 Å². The minimum atomic E-state index is 0.615. The number of rotatable bonds is 3. The van der Waals surface area contributed by atoms with E-state index in [1.54, 1.807) is 17.4 Å². The molecule has 0 saturated carbocycles. The van der Waals surface area contributed by atoms with Gasteiger partial charge in [-0.15, -0.1) is 11.3 Å². The second kappa shape index (κ2) is 4.89. The molecule has 2 aromatic rings. The molecule has 0 amide bonds. The number of hydrogen-bond acceptors (Lipinski definition) is 4. The molecule has 1 heterocycles. The van der Waals surface area contributed by atoms with Gasteiger partial charge in [-0.2, -0.15) is 5.26 Å². The number of nitrogens with zero attached hydrogens (tertiary/aromatic N) is 2. The Kier molecular flexibility index (Phi) is 3.31. The average molecular weight is 243 g/mol. The Balaban J connectivity index is 2.25. The van der Waals surface area contributed by atoms with Gasteiger partial charge in [0.1, 0.15) is 6.07 Å². The highest BCUT2D eigenvalue weighted by Gasteiger charge is 2.08. The number of thiophene rings is 1. The van der Waals surface area contributed by atoms with Gasteiger partial charge in [0.05, 0.1) is 17.8 Å². The van der Waals surface area contributed by atoms with Crippen molar-refractivity contribution in [1.82, 2.24) is 0 Å². The van der Waals surface area contributed by atoms with Crippen molar-refractivity contribution in [2.24, 2.45) is 0 Å². The number of nitrogens with two attached hydrogens (primary N) is 1. The topological polar surface area (TPSA) is 53.0 Å². The summed E-state index contributed by atoms with van der Waals surface area (Å²) in [7, 11) is 1.98. The second-order valence-electron chi connectivity index (χ2n) is 3.82. The minimum absolute atomic E-state index is 0.615. The zero-order chi connectivity index (χ0) is 12.3. The number of anilines is 2. The van der Waals surface area contributed by atoms with E-state index in [0.717, 1.165) is 12.2 Å². The molecule has 1 aromatic heterocycles. The Morgan fingerprint density at radius 2 is 2.24 bits per heavy atom. The molecule has 0 aliphatic heterocycles. The molecule has 0 fully saturated rings. The molecular formula is C13H13N3S. The lowest BCUT2D eigenvalue weighted by Gasteiger charge is -2.19. The highest BCUT2D eigenvalue weighted by atomic mass is 32.1. The molecule has 0 atom stereocenters. The predicted molar refractivity (Wildman–Crippen MR) is 72.0 cm³/mol.